The highest BCUT2D eigenvalue weighted by Crippen LogP contribution is 2.27. The second-order valence-corrected chi connectivity index (χ2v) is 9.61. The molecule has 3 aromatic rings. The van der Waals surface area contributed by atoms with Crippen LogP contribution in [0, 0.1) is 12.8 Å². The molecular formula is C26H36N4O3S. The molecule has 1 aromatic carbocycles. The normalized spacial score (nSPS) is 16.1. The Morgan fingerprint density at radius 2 is 1.97 bits per heavy atom. The van der Waals surface area contributed by atoms with E-state index >= 15 is 0 Å². The van der Waals surface area contributed by atoms with Crippen molar-refractivity contribution in [2.24, 2.45) is 5.92 Å². The Morgan fingerprint density at radius 1 is 1.24 bits per heavy atom. The number of aromatic nitrogens is 2. The third-order valence-electron chi connectivity index (χ3n) is 5.89. The average molecular weight is 485 g/mol. The minimum atomic E-state index is -0.155. The van der Waals surface area contributed by atoms with E-state index in [2.05, 4.69) is 46.5 Å². The maximum atomic E-state index is 10.6. The number of rotatable bonds is 7. The van der Waals surface area contributed by atoms with Crippen molar-refractivity contribution in [1.29, 1.82) is 0 Å². The largest absolute Gasteiger partial charge is 0.361 e. The Morgan fingerprint density at radius 3 is 2.38 bits per heavy atom. The molecule has 0 bridgehead atoms. The van der Waals surface area contributed by atoms with Crippen LogP contribution < -0.4 is 5.32 Å². The van der Waals surface area contributed by atoms with Crippen LogP contribution in [0.2, 0.25) is 0 Å². The van der Waals surface area contributed by atoms with Crippen molar-refractivity contribution in [2.75, 3.05) is 13.6 Å². The zero-order valence-corrected chi connectivity index (χ0v) is 21.5. The third-order valence-corrected chi connectivity index (χ3v) is 6.87. The Labute approximate surface area is 206 Å². The van der Waals surface area contributed by atoms with E-state index in [4.69, 9.17) is 4.52 Å². The standard InChI is InChI=1S/C12H12N2OS.C8H11NO2.C6H13N/c1-9-12(16-8-14-9)11-4-2-10(3-5-11)6-13-7-15;1-6(2)7(5-10)8-3-4-9-11-8;1-6-4-3-5-7(6)2/h2-5,7-8H,6H2,1H3,(H,13,15);3-7H,1-2H3;6H,3-5H2,1-2H3. The van der Waals surface area contributed by atoms with Gasteiger partial charge in [0.25, 0.3) is 0 Å². The van der Waals surface area contributed by atoms with Crippen molar-refractivity contribution in [2.45, 2.75) is 59.0 Å². The van der Waals surface area contributed by atoms with Crippen LogP contribution in [-0.4, -0.2) is 47.4 Å². The topological polar surface area (TPSA) is 88.3 Å². The Balaban J connectivity index is 0.000000196. The smallest absolute Gasteiger partial charge is 0.207 e. The molecule has 34 heavy (non-hydrogen) atoms. The summed E-state index contributed by atoms with van der Waals surface area (Å²) in [7, 11) is 2.19. The van der Waals surface area contributed by atoms with Gasteiger partial charge in [-0.2, -0.15) is 0 Å². The number of likely N-dealkylation sites (tertiary alicyclic amines) is 1. The van der Waals surface area contributed by atoms with Gasteiger partial charge >= 0.3 is 0 Å². The summed E-state index contributed by atoms with van der Waals surface area (Å²) in [5.41, 5.74) is 5.18. The fourth-order valence-electron chi connectivity index (χ4n) is 3.54. The maximum absolute atomic E-state index is 10.6. The molecule has 1 N–H and O–H groups in total. The van der Waals surface area contributed by atoms with Crippen LogP contribution >= 0.6 is 11.3 Å². The van der Waals surface area contributed by atoms with Crippen molar-refractivity contribution in [3.8, 4) is 10.4 Å². The lowest BCUT2D eigenvalue weighted by atomic mass is 9.95. The molecule has 2 unspecified atom stereocenters. The van der Waals surface area contributed by atoms with Crippen molar-refractivity contribution in [1.82, 2.24) is 20.4 Å². The maximum Gasteiger partial charge on any atom is 0.207 e. The molecule has 1 fully saturated rings. The van der Waals surface area contributed by atoms with Gasteiger partial charge in [-0.15, -0.1) is 11.3 Å². The lowest BCUT2D eigenvalue weighted by molar-refractivity contribution is -0.110. The molecular weight excluding hydrogens is 448 g/mol. The Kier molecular flexibility index (Phi) is 11.6. The highest BCUT2D eigenvalue weighted by Gasteiger charge is 2.17. The van der Waals surface area contributed by atoms with Crippen LogP contribution in [0.1, 0.15) is 56.5 Å². The molecule has 2 atom stereocenters. The number of hydrogen-bond acceptors (Lipinski definition) is 7. The molecule has 184 valence electrons. The van der Waals surface area contributed by atoms with Gasteiger partial charge in [-0.25, -0.2) is 4.98 Å². The van der Waals surface area contributed by atoms with E-state index in [1.807, 2.05) is 38.4 Å². The molecule has 0 aliphatic carbocycles. The lowest BCUT2D eigenvalue weighted by Gasteiger charge is -2.12. The SMILES string of the molecule is CC(C)C(C=O)c1ccno1.CC1CCCN1C.Cc1ncsc1-c1ccc(CNC=O)cc1. The molecule has 1 amide bonds. The van der Waals surface area contributed by atoms with E-state index in [0.29, 0.717) is 18.7 Å². The fourth-order valence-corrected chi connectivity index (χ4v) is 4.35. The number of carbonyl (C=O) groups excluding carboxylic acids is 2. The molecule has 2 aromatic heterocycles. The van der Waals surface area contributed by atoms with Gasteiger partial charge in [0.15, 0.2) is 0 Å². The number of aryl methyl sites for hydroxylation is 1. The summed E-state index contributed by atoms with van der Waals surface area (Å²) in [6, 6.07) is 10.7. The molecule has 4 rings (SSSR count). The van der Waals surface area contributed by atoms with Crippen LogP contribution in [0.25, 0.3) is 10.4 Å². The monoisotopic (exact) mass is 484 g/mol. The van der Waals surface area contributed by atoms with Gasteiger partial charge in [0.05, 0.1) is 28.2 Å². The van der Waals surface area contributed by atoms with Crippen LogP contribution in [0.15, 0.2) is 46.6 Å². The number of aldehydes is 1. The van der Waals surface area contributed by atoms with Crippen molar-refractivity contribution < 1.29 is 14.1 Å². The summed E-state index contributed by atoms with van der Waals surface area (Å²) >= 11 is 1.64. The Bertz CT molecular complexity index is 962. The third kappa shape index (κ3) is 8.50. The van der Waals surface area contributed by atoms with Gasteiger partial charge in [-0.05, 0) is 57.3 Å². The molecule has 7 nitrogen and oxygen atoms in total. The van der Waals surface area contributed by atoms with Gasteiger partial charge < -0.3 is 19.5 Å². The number of benzene rings is 1. The van der Waals surface area contributed by atoms with Crippen LogP contribution in [-0.2, 0) is 16.1 Å². The van der Waals surface area contributed by atoms with E-state index in [0.717, 1.165) is 23.6 Å². The predicted molar refractivity (Wildman–Crippen MR) is 137 cm³/mol. The first-order chi connectivity index (χ1) is 16.4. The zero-order chi connectivity index (χ0) is 24.9. The van der Waals surface area contributed by atoms with Crippen LogP contribution in [0.5, 0.6) is 0 Å². The lowest BCUT2D eigenvalue weighted by Crippen LogP contribution is -2.20. The number of amides is 1. The summed E-state index contributed by atoms with van der Waals surface area (Å²) in [6.07, 6.45) is 5.95. The molecule has 0 spiro atoms. The first-order valence-electron chi connectivity index (χ1n) is 11.6. The van der Waals surface area contributed by atoms with E-state index < -0.39 is 0 Å². The minimum absolute atomic E-state index is 0.155. The summed E-state index contributed by atoms with van der Waals surface area (Å²) < 4.78 is 4.87. The molecule has 0 saturated carbocycles. The predicted octanol–water partition coefficient (Wildman–Crippen LogP) is 5.08. The minimum Gasteiger partial charge on any atom is -0.361 e. The molecule has 1 saturated heterocycles. The van der Waals surface area contributed by atoms with E-state index in [-0.39, 0.29) is 11.8 Å². The van der Waals surface area contributed by atoms with Crippen LogP contribution in [0.4, 0.5) is 0 Å². The first kappa shape index (κ1) is 27.4. The fraction of sp³-hybridized carbons (Fsp3) is 0.462. The van der Waals surface area contributed by atoms with Crippen molar-refractivity contribution >= 4 is 24.0 Å². The van der Waals surface area contributed by atoms with Crippen molar-refractivity contribution in [3.05, 3.63) is 59.1 Å². The second kappa shape index (κ2) is 14.4. The van der Waals surface area contributed by atoms with Gasteiger partial charge in [0.2, 0.25) is 6.41 Å². The number of nitrogens with zero attached hydrogens (tertiary/aromatic N) is 3. The molecule has 3 heterocycles. The summed E-state index contributed by atoms with van der Waals surface area (Å²) in [4.78, 5) is 28.5. The average Bonchev–Trinajstić information content (AvgIpc) is 3.58. The van der Waals surface area contributed by atoms with E-state index in [1.54, 1.807) is 23.6 Å². The number of hydrogen-bond donors (Lipinski definition) is 1. The highest BCUT2D eigenvalue weighted by atomic mass is 32.1. The van der Waals surface area contributed by atoms with Crippen LogP contribution in [0.3, 0.4) is 0 Å². The van der Waals surface area contributed by atoms with Gasteiger partial charge in [0.1, 0.15) is 12.0 Å². The van der Waals surface area contributed by atoms with E-state index in [9.17, 15) is 9.59 Å². The van der Waals surface area contributed by atoms with Crippen molar-refractivity contribution in [3.63, 3.8) is 0 Å². The second-order valence-electron chi connectivity index (χ2n) is 8.76. The van der Waals surface area contributed by atoms with Gasteiger partial charge in [-0.3, -0.25) is 4.79 Å². The molecule has 0 radical (unpaired) electrons. The summed E-state index contributed by atoms with van der Waals surface area (Å²) in [5, 5.41) is 6.18. The number of nitrogens with one attached hydrogen (secondary N) is 1. The zero-order valence-electron chi connectivity index (χ0n) is 20.7. The quantitative estimate of drug-likeness (QED) is 0.471. The van der Waals surface area contributed by atoms with E-state index in [1.165, 1.54) is 29.8 Å². The Hall–Kier alpha value is -2.84. The molecule has 1 aliphatic rings. The molecule has 8 heteroatoms. The van der Waals surface area contributed by atoms with Gasteiger partial charge in [0, 0.05) is 18.7 Å². The summed E-state index contributed by atoms with van der Waals surface area (Å²) in [5.74, 6) is 0.757. The molecule has 1 aliphatic heterocycles. The number of carbonyl (C=O) groups is 2. The van der Waals surface area contributed by atoms with Gasteiger partial charge in [-0.1, -0.05) is 43.3 Å². The summed E-state index contributed by atoms with van der Waals surface area (Å²) in [6.45, 7) is 10.1. The number of thiazole rings is 1. The highest BCUT2D eigenvalue weighted by molar-refractivity contribution is 7.13. The first-order valence-corrected chi connectivity index (χ1v) is 12.5.